The first-order valence-electron chi connectivity index (χ1n) is 6.46. The zero-order valence-electron chi connectivity index (χ0n) is 11.7. The van der Waals surface area contributed by atoms with Gasteiger partial charge in [0.05, 0.1) is 19.9 Å². The maximum absolute atomic E-state index is 11.1. The van der Waals surface area contributed by atoms with E-state index in [-0.39, 0.29) is 12.6 Å². The summed E-state index contributed by atoms with van der Waals surface area (Å²) in [5.74, 6) is 0.893. The zero-order chi connectivity index (χ0) is 14.6. The number of ether oxygens (including phenoxy) is 1. The van der Waals surface area contributed by atoms with Gasteiger partial charge in [-0.1, -0.05) is 0 Å². The SMILES string of the molecule is COc1nc(CNS(C)(=O)=O)nc(N2CCCCC2)n1. The van der Waals surface area contributed by atoms with Crippen LogP contribution in [0.4, 0.5) is 5.95 Å². The normalized spacial score (nSPS) is 16.2. The van der Waals surface area contributed by atoms with Gasteiger partial charge in [0, 0.05) is 13.1 Å². The Bertz CT molecular complexity index is 557. The van der Waals surface area contributed by atoms with E-state index in [0.717, 1.165) is 32.2 Å². The number of rotatable bonds is 5. The number of hydrogen-bond acceptors (Lipinski definition) is 7. The number of hydrogen-bond donors (Lipinski definition) is 1. The minimum atomic E-state index is -3.28. The third kappa shape index (κ3) is 4.27. The van der Waals surface area contributed by atoms with Crippen molar-refractivity contribution in [2.75, 3.05) is 31.4 Å². The molecule has 1 aromatic rings. The number of piperidine rings is 1. The second-order valence-electron chi connectivity index (χ2n) is 4.68. The Morgan fingerprint density at radius 2 is 1.90 bits per heavy atom. The third-order valence-electron chi connectivity index (χ3n) is 2.96. The molecule has 1 aromatic heterocycles. The highest BCUT2D eigenvalue weighted by molar-refractivity contribution is 7.88. The topological polar surface area (TPSA) is 97.3 Å². The maximum atomic E-state index is 11.1. The number of aromatic nitrogens is 3. The van der Waals surface area contributed by atoms with E-state index in [1.54, 1.807) is 0 Å². The Kier molecular flexibility index (Phi) is 4.71. The molecule has 1 N–H and O–H groups in total. The summed E-state index contributed by atoms with van der Waals surface area (Å²) in [7, 11) is -1.81. The smallest absolute Gasteiger partial charge is 0.321 e. The van der Waals surface area contributed by atoms with Gasteiger partial charge in [-0.25, -0.2) is 13.1 Å². The van der Waals surface area contributed by atoms with Gasteiger partial charge in [0.1, 0.15) is 0 Å². The molecule has 1 saturated heterocycles. The largest absolute Gasteiger partial charge is 0.467 e. The lowest BCUT2D eigenvalue weighted by molar-refractivity contribution is 0.374. The summed E-state index contributed by atoms with van der Waals surface area (Å²) in [5, 5.41) is 0. The summed E-state index contributed by atoms with van der Waals surface area (Å²) in [6.07, 6.45) is 4.51. The molecule has 1 aliphatic heterocycles. The highest BCUT2D eigenvalue weighted by Gasteiger charge is 2.16. The van der Waals surface area contributed by atoms with E-state index >= 15 is 0 Å². The molecule has 0 aromatic carbocycles. The fraction of sp³-hybridized carbons (Fsp3) is 0.727. The lowest BCUT2D eigenvalue weighted by Gasteiger charge is -2.26. The summed E-state index contributed by atoms with van der Waals surface area (Å²) < 4.78 is 29.7. The minimum absolute atomic E-state index is 0.0263. The Balaban J connectivity index is 2.19. The quantitative estimate of drug-likeness (QED) is 0.812. The first-order valence-corrected chi connectivity index (χ1v) is 8.35. The number of anilines is 1. The van der Waals surface area contributed by atoms with Crippen LogP contribution >= 0.6 is 0 Å². The van der Waals surface area contributed by atoms with Gasteiger partial charge >= 0.3 is 6.01 Å². The zero-order valence-corrected chi connectivity index (χ0v) is 12.5. The predicted octanol–water partition coefficient (Wildman–Crippen LogP) is -0.0803. The van der Waals surface area contributed by atoms with Crippen LogP contribution < -0.4 is 14.4 Å². The Labute approximate surface area is 118 Å². The van der Waals surface area contributed by atoms with E-state index in [1.165, 1.54) is 13.5 Å². The van der Waals surface area contributed by atoms with Crippen molar-refractivity contribution >= 4 is 16.0 Å². The Morgan fingerprint density at radius 1 is 1.20 bits per heavy atom. The molecule has 2 rings (SSSR count). The molecule has 0 radical (unpaired) electrons. The van der Waals surface area contributed by atoms with Crippen molar-refractivity contribution in [3.8, 4) is 6.01 Å². The van der Waals surface area contributed by atoms with Crippen LogP contribution in [0, 0.1) is 0 Å². The molecule has 0 amide bonds. The lowest BCUT2D eigenvalue weighted by Crippen LogP contribution is -2.32. The van der Waals surface area contributed by atoms with Crippen LogP contribution in [0.1, 0.15) is 25.1 Å². The van der Waals surface area contributed by atoms with Crippen LogP contribution in [0.3, 0.4) is 0 Å². The molecule has 8 nitrogen and oxygen atoms in total. The van der Waals surface area contributed by atoms with Crippen molar-refractivity contribution in [1.82, 2.24) is 19.7 Å². The first-order chi connectivity index (χ1) is 9.48. The van der Waals surface area contributed by atoms with Crippen LogP contribution in [0.25, 0.3) is 0 Å². The van der Waals surface area contributed by atoms with Crippen LogP contribution in [0.15, 0.2) is 0 Å². The predicted molar refractivity (Wildman–Crippen MR) is 74.1 cm³/mol. The van der Waals surface area contributed by atoms with E-state index < -0.39 is 10.0 Å². The fourth-order valence-electron chi connectivity index (χ4n) is 1.99. The molecule has 112 valence electrons. The van der Waals surface area contributed by atoms with Gasteiger partial charge in [0.15, 0.2) is 5.82 Å². The Morgan fingerprint density at radius 3 is 2.50 bits per heavy atom. The van der Waals surface area contributed by atoms with E-state index in [4.69, 9.17) is 4.74 Å². The molecule has 0 spiro atoms. The fourth-order valence-corrected chi connectivity index (χ4v) is 2.38. The third-order valence-corrected chi connectivity index (χ3v) is 3.63. The molecule has 2 heterocycles. The second-order valence-corrected chi connectivity index (χ2v) is 6.51. The Hall–Kier alpha value is -1.48. The molecule has 1 fully saturated rings. The standard InChI is InChI=1S/C11H19N5O3S/c1-19-11-14-9(8-12-20(2,17)18)13-10(15-11)16-6-4-3-5-7-16/h12H,3-8H2,1-2H3. The molecule has 1 aliphatic rings. The van der Waals surface area contributed by atoms with Gasteiger partial charge in [-0.2, -0.15) is 15.0 Å². The van der Waals surface area contributed by atoms with E-state index in [2.05, 4.69) is 24.6 Å². The maximum Gasteiger partial charge on any atom is 0.321 e. The molecule has 0 atom stereocenters. The van der Waals surface area contributed by atoms with Crippen LogP contribution in [-0.4, -0.2) is 49.8 Å². The van der Waals surface area contributed by atoms with Gasteiger partial charge in [0.25, 0.3) is 0 Å². The van der Waals surface area contributed by atoms with Crippen LogP contribution in [0.5, 0.6) is 6.01 Å². The van der Waals surface area contributed by atoms with Crippen LogP contribution in [-0.2, 0) is 16.6 Å². The average Bonchev–Trinajstić information content (AvgIpc) is 2.45. The van der Waals surface area contributed by atoms with Crippen molar-refractivity contribution in [3.05, 3.63) is 5.82 Å². The number of sulfonamides is 1. The van der Waals surface area contributed by atoms with Crippen molar-refractivity contribution < 1.29 is 13.2 Å². The monoisotopic (exact) mass is 301 g/mol. The molecule has 0 saturated carbocycles. The minimum Gasteiger partial charge on any atom is -0.467 e. The number of nitrogens with one attached hydrogen (secondary N) is 1. The summed E-state index contributed by atoms with van der Waals surface area (Å²) in [6, 6.07) is 0.200. The second kappa shape index (κ2) is 6.31. The van der Waals surface area contributed by atoms with Gasteiger partial charge in [-0.3, -0.25) is 0 Å². The van der Waals surface area contributed by atoms with E-state index in [9.17, 15) is 8.42 Å². The van der Waals surface area contributed by atoms with Crippen molar-refractivity contribution in [1.29, 1.82) is 0 Å². The highest BCUT2D eigenvalue weighted by Crippen LogP contribution is 2.17. The molecular formula is C11H19N5O3S. The van der Waals surface area contributed by atoms with E-state index in [0.29, 0.717) is 11.8 Å². The summed E-state index contributed by atoms with van der Waals surface area (Å²) in [6.45, 7) is 1.82. The molecular weight excluding hydrogens is 282 g/mol. The van der Waals surface area contributed by atoms with Crippen LogP contribution in [0.2, 0.25) is 0 Å². The highest BCUT2D eigenvalue weighted by atomic mass is 32.2. The molecule has 20 heavy (non-hydrogen) atoms. The first kappa shape index (κ1) is 14.9. The number of nitrogens with zero attached hydrogens (tertiary/aromatic N) is 4. The van der Waals surface area contributed by atoms with Gasteiger partial charge < -0.3 is 9.64 Å². The number of methoxy groups -OCH3 is 1. The summed E-state index contributed by atoms with van der Waals surface area (Å²) in [5.41, 5.74) is 0. The molecule has 0 aliphatic carbocycles. The van der Waals surface area contributed by atoms with Gasteiger partial charge in [0.2, 0.25) is 16.0 Å². The van der Waals surface area contributed by atoms with Crippen molar-refractivity contribution in [3.63, 3.8) is 0 Å². The van der Waals surface area contributed by atoms with Gasteiger partial charge in [-0.05, 0) is 19.3 Å². The van der Waals surface area contributed by atoms with E-state index in [1.807, 2.05) is 0 Å². The van der Waals surface area contributed by atoms with Crippen molar-refractivity contribution in [2.24, 2.45) is 0 Å². The lowest BCUT2D eigenvalue weighted by atomic mass is 10.1. The summed E-state index contributed by atoms with van der Waals surface area (Å²) >= 11 is 0. The average molecular weight is 301 g/mol. The van der Waals surface area contributed by atoms with Crippen molar-refractivity contribution in [2.45, 2.75) is 25.8 Å². The molecule has 0 unspecified atom stereocenters. The molecule has 0 bridgehead atoms. The molecule has 9 heteroatoms. The summed E-state index contributed by atoms with van der Waals surface area (Å²) in [4.78, 5) is 14.6. The van der Waals surface area contributed by atoms with Gasteiger partial charge in [-0.15, -0.1) is 0 Å².